The summed E-state index contributed by atoms with van der Waals surface area (Å²) in [5, 5.41) is 31.6. The molecular formula is C28H33F2N8O5+. The quantitative estimate of drug-likeness (QED) is 0.169. The Labute approximate surface area is 245 Å². The van der Waals surface area contributed by atoms with Crippen LogP contribution in [0.3, 0.4) is 0 Å². The lowest BCUT2D eigenvalue weighted by Crippen LogP contribution is -2.90. The number of halogens is 2. The van der Waals surface area contributed by atoms with Crippen molar-refractivity contribution in [2.45, 2.75) is 55.3 Å². The summed E-state index contributed by atoms with van der Waals surface area (Å²) < 4.78 is 33.2. The first kappa shape index (κ1) is 28.6. The predicted molar refractivity (Wildman–Crippen MR) is 149 cm³/mol. The van der Waals surface area contributed by atoms with Crippen molar-refractivity contribution in [3.05, 3.63) is 64.7 Å². The third-order valence-corrected chi connectivity index (χ3v) is 8.75. The number of aliphatic hydroxyl groups is 2. The second-order valence-electron chi connectivity index (χ2n) is 11.9. The van der Waals surface area contributed by atoms with Crippen molar-refractivity contribution in [1.82, 2.24) is 20.9 Å². The average Bonchev–Trinajstić information content (AvgIpc) is 3.40. The van der Waals surface area contributed by atoms with Gasteiger partial charge in [0.2, 0.25) is 5.79 Å². The number of carbonyl (C=O) groups is 2. The summed E-state index contributed by atoms with van der Waals surface area (Å²) in [6.45, 7) is 4.19. The molecule has 10 N–H and O–H groups in total. The Hall–Kier alpha value is -4.50. The number of amides is 2. The molecule has 15 heteroatoms. The highest BCUT2D eigenvalue weighted by Gasteiger charge is 2.76. The summed E-state index contributed by atoms with van der Waals surface area (Å²) in [6.07, 6.45) is 0.777. The molecule has 2 amide bonds. The number of carbonyl (C=O) groups excluding carboxylic acids is 2. The van der Waals surface area contributed by atoms with Crippen molar-refractivity contribution >= 4 is 23.7 Å². The monoisotopic (exact) mass is 599 g/mol. The minimum absolute atomic E-state index is 0.0179. The van der Waals surface area contributed by atoms with E-state index >= 15 is 0 Å². The van der Waals surface area contributed by atoms with E-state index in [1.807, 2.05) is 6.07 Å². The fourth-order valence-electron chi connectivity index (χ4n) is 6.51. The number of rotatable bonds is 5. The van der Waals surface area contributed by atoms with Crippen LogP contribution in [-0.2, 0) is 5.41 Å². The maximum Gasteiger partial charge on any atom is 0.343 e. The van der Waals surface area contributed by atoms with Crippen LogP contribution in [0.4, 0.5) is 8.78 Å². The molecule has 0 aromatic heterocycles. The van der Waals surface area contributed by atoms with Crippen LogP contribution in [0.15, 0.2) is 41.4 Å². The van der Waals surface area contributed by atoms with Gasteiger partial charge in [0.25, 0.3) is 17.5 Å². The first-order valence-corrected chi connectivity index (χ1v) is 13.8. The van der Waals surface area contributed by atoms with Crippen molar-refractivity contribution in [2.75, 3.05) is 19.7 Å². The largest absolute Gasteiger partial charge is 0.492 e. The molecule has 0 aliphatic carbocycles. The van der Waals surface area contributed by atoms with E-state index in [1.54, 1.807) is 12.1 Å². The standard InChI is InChI=1S/C28H32F2N8O5/c1-26(2)6-7-43-20-16(4-3-5-17(20)26)23(40)35-19-12-38-25(32)34-18(21-27(38,28(19,41)42)37-24(31)36-21)11-33-22(39)13-8-14(29)10-15(30)9-13/h3-5,8-10,18-19,21,41-42H,6-7,11-12H2,1-2H3,(H2,32,34)(H,33,39)(H,35,40)(H3,31,36,37)/p+1/t18-,19?,21-,27-/m0/s1. The van der Waals surface area contributed by atoms with Gasteiger partial charge in [-0.25, -0.2) is 19.1 Å². The number of benzene rings is 2. The van der Waals surface area contributed by atoms with Gasteiger partial charge < -0.3 is 31.3 Å². The summed E-state index contributed by atoms with van der Waals surface area (Å²) in [4.78, 5) is 35.0. The molecule has 1 fully saturated rings. The van der Waals surface area contributed by atoms with Crippen molar-refractivity contribution < 1.29 is 38.3 Å². The number of guanidine groups is 2. The summed E-state index contributed by atoms with van der Waals surface area (Å²) in [5.41, 5.74) is 11.2. The normalized spacial score (nSPS) is 27.9. The summed E-state index contributed by atoms with van der Waals surface area (Å²) in [7, 11) is 0. The van der Waals surface area contributed by atoms with E-state index in [0.717, 1.165) is 24.1 Å². The molecule has 43 heavy (non-hydrogen) atoms. The third kappa shape index (κ3) is 4.41. The van der Waals surface area contributed by atoms with Crippen molar-refractivity contribution in [2.24, 2.45) is 16.5 Å². The van der Waals surface area contributed by atoms with Crippen LogP contribution in [0.5, 0.6) is 5.75 Å². The Balaban J connectivity index is 1.26. The molecule has 0 bridgehead atoms. The zero-order valence-corrected chi connectivity index (χ0v) is 23.4. The zero-order chi connectivity index (χ0) is 30.9. The number of ether oxygens (including phenoxy) is 1. The second-order valence-corrected chi connectivity index (χ2v) is 11.9. The predicted octanol–water partition coefficient (Wildman–Crippen LogP) is -2.69. The maximum atomic E-state index is 13.6. The molecule has 0 saturated carbocycles. The lowest BCUT2D eigenvalue weighted by Gasteiger charge is -2.46. The number of nitrogens with one attached hydrogen (secondary N) is 4. The number of aliphatic imine (C=N–C) groups is 1. The SMILES string of the molecule is CC1(C)CCOc2c(C(=O)NC3CN4C(N)=N[C@@H](CNC(=O)c5cc(F)cc(F)c5)[C@@H]5[NH+]=C(N)N[C@@]54C3(O)O)cccc21. The number of hydrogen-bond donors (Lipinski definition) is 8. The van der Waals surface area contributed by atoms with Gasteiger partial charge in [-0.2, -0.15) is 0 Å². The average molecular weight is 600 g/mol. The van der Waals surface area contributed by atoms with E-state index in [9.17, 15) is 28.6 Å². The number of nitrogens with two attached hydrogens (primary N) is 2. The van der Waals surface area contributed by atoms with Gasteiger partial charge in [0, 0.05) is 23.7 Å². The zero-order valence-electron chi connectivity index (χ0n) is 23.4. The van der Waals surface area contributed by atoms with Crippen molar-refractivity contribution in [3.63, 3.8) is 0 Å². The minimum Gasteiger partial charge on any atom is -0.492 e. The first-order valence-electron chi connectivity index (χ1n) is 13.8. The van der Waals surface area contributed by atoms with Crippen LogP contribution >= 0.6 is 0 Å². The minimum atomic E-state index is -2.68. The molecule has 4 aliphatic heterocycles. The summed E-state index contributed by atoms with van der Waals surface area (Å²) in [6, 6.07) is 4.49. The number of hydrogen-bond acceptors (Lipinski definition) is 10. The van der Waals surface area contributed by atoms with Crippen molar-refractivity contribution in [3.8, 4) is 5.75 Å². The lowest BCUT2D eigenvalue weighted by atomic mass is 9.79. The Morgan fingerprint density at radius 3 is 2.63 bits per heavy atom. The van der Waals surface area contributed by atoms with E-state index in [0.29, 0.717) is 18.4 Å². The van der Waals surface area contributed by atoms with Gasteiger partial charge in [-0.15, -0.1) is 0 Å². The lowest BCUT2D eigenvalue weighted by molar-refractivity contribution is -0.521. The molecule has 228 valence electrons. The number of nitrogens with zero attached hydrogens (tertiary/aromatic N) is 2. The van der Waals surface area contributed by atoms with Crippen molar-refractivity contribution in [1.29, 1.82) is 0 Å². The molecule has 1 spiro atoms. The van der Waals surface area contributed by atoms with Gasteiger partial charge in [-0.05, 0) is 30.0 Å². The third-order valence-electron chi connectivity index (χ3n) is 8.75. The smallest absolute Gasteiger partial charge is 0.343 e. The van der Waals surface area contributed by atoms with Crippen LogP contribution in [0.25, 0.3) is 0 Å². The highest BCUT2D eigenvalue weighted by Crippen LogP contribution is 2.43. The summed E-state index contributed by atoms with van der Waals surface area (Å²) in [5.74, 6) is -5.55. The van der Waals surface area contributed by atoms with Gasteiger partial charge in [0.05, 0.1) is 18.7 Å². The molecule has 1 unspecified atom stereocenters. The molecule has 4 atom stereocenters. The molecule has 0 radical (unpaired) electrons. The maximum absolute atomic E-state index is 13.6. The molecule has 6 rings (SSSR count). The van der Waals surface area contributed by atoms with Gasteiger partial charge in [0.1, 0.15) is 29.5 Å². The van der Waals surface area contributed by atoms with Crippen LogP contribution in [0.1, 0.15) is 46.5 Å². The highest BCUT2D eigenvalue weighted by atomic mass is 19.1. The molecular weight excluding hydrogens is 566 g/mol. The number of para-hydroxylation sites is 1. The fourth-order valence-corrected chi connectivity index (χ4v) is 6.51. The molecule has 2 aromatic carbocycles. The fraction of sp³-hybridized carbons (Fsp3) is 0.429. The van der Waals surface area contributed by atoms with E-state index in [2.05, 4.69) is 39.8 Å². The highest BCUT2D eigenvalue weighted by molar-refractivity contribution is 5.98. The van der Waals surface area contributed by atoms with E-state index in [-0.39, 0.29) is 41.6 Å². The van der Waals surface area contributed by atoms with E-state index < -0.39 is 53.0 Å². The molecule has 2 aromatic rings. The van der Waals surface area contributed by atoms with Crippen LogP contribution < -0.4 is 37.1 Å². The molecule has 4 aliphatic rings. The summed E-state index contributed by atoms with van der Waals surface area (Å²) >= 11 is 0. The molecule has 1 saturated heterocycles. The van der Waals surface area contributed by atoms with Crippen LogP contribution in [0.2, 0.25) is 0 Å². The van der Waals surface area contributed by atoms with Crippen LogP contribution in [0, 0.1) is 11.6 Å². The Morgan fingerprint density at radius 2 is 1.91 bits per heavy atom. The van der Waals surface area contributed by atoms with Gasteiger partial charge >= 0.3 is 5.96 Å². The van der Waals surface area contributed by atoms with E-state index in [4.69, 9.17) is 16.2 Å². The van der Waals surface area contributed by atoms with Gasteiger partial charge in [0.15, 0.2) is 12.0 Å². The molecule has 13 nitrogen and oxygen atoms in total. The Kier molecular flexibility index (Phi) is 6.50. The van der Waals surface area contributed by atoms with Gasteiger partial charge in [-0.3, -0.25) is 25.2 Å². The number of fused-ring (bicyclic) bond motifs is 1. The Morgan fingerprint density at radius 1 is 1.19 bits per heavy atom. The topological polar surface area (TPSA) is 202 Å². The van der Waals surface area contributed by atoms with Crippen LogP contribution in [-0.4, -0.2) is 88.1 Å². The first-order chi connectivity index (χ1) is 20.2. The van der Waals surface area contributed by atoms with E-state index in [1.165, 1.54) is 4.90 Å². The molecule has 4 heterocycles. The second kappa shape index (κ2) is 9.77. The van der Waals surface area contributed by atoms with Gasteiger partial charge in [-0.1, -0.05) is 26.0 Å². The Bertz CT molecular complexity index is 1560.